The minimum Gasteiger partial charge on any atom is -0.460 e. The zero-order chi connectivity index (χ0) is 27.1. The van der Waals surface area contributed by atoms with E-state index < -0.39 is 5.60 Å². The molecule has 2 heterocycles. The molecule has 1 fully saturated rings. The Morgan fingerprint density at radius 2 is 1.89 bits per heavy atom. The number of benzene rings is 1. The van der Waals surface area contributed by atoms with Gasteiger partial charge in [-0.1, -0.05) is 61.4 Å². The molecular weight excluding hydrogens is 482 g/mol. The fourth-order valence-electron chi connectivity index (χ4n) is 4.47. The van der Waals surface area contributed by atoms with E-state index in [4.69, 9.17) is 18.5 Å². The number of aromatic nitrogens is 3. The van der Waals surface area contributed by atoms with Crippen molar-refractivity contribution >= 4 is 5.97 Å². The molecule has 1 unspecified atom stereocenters. The van der Waals surface area contributed by atoms with Gasteiger partial charge in [-0.15, -0.1) is 0 Å². The van der Waals surface area contributed by atoms with Crippen LogP contribution in [0.5, 0.6) is 0 Å². The molecule has 1 atom stereocenters. The predicted octanol–water partition coefficient (Wildman–Crippen LogP) is 7.00. The maximum atomic E-state index is 13.0. The van der Waals surface area contributed by atoms with Gasteiger partial charge in [-0.05, 0) is 63.4 Å². The molecule has 0 saturated heterocycles. The van der Waals surface area contributed by atoms with E-state index in [1.165, 1.54) is 0 Å². The maximum absolute atomic E-state index is 13.0. The summed E-state index contributed by atoms with van der Waals surface area (Å²) in [5, 5.41) is 8.68. The third-order valence-electron chi connectivity index (χ3n) is 6.99. The summed E-state index contributed by atoms with van der Waals surface area (Å²) in [6, 6.07) is 10.1. The summed E-state index contributed by atoms with van der Waals surface area (Å²) in [6.07, 6.45) is 5.31. The topological polar surface area (TPSA) is 100 Å². The van der Waals surface area contributed by atoms with E-state index in [1.807, 2.05) is 39.0 Å². The van der Waals surface area contributed by atoms with E-state index in [-0.39, 0.29) is 18.3 Å². The molecule has 206 valence electrons. The maximum Gasteiger partial charge on any atom is 0.306 e. The minimum absolute atomic E-state index is 0.148. The standard InChI is InChI=1S/C30H41N3O5/c1-6-30(4,5)36-25(34)18-23(13-10-16-35-19-21-11-8-7-9-12-21)27-26(22-14-15-22)28(38-32-27)29-31-24(37-33-29)17-20(2)3/h7-9,11-12,20,22-23H,6,10,13-19H2,1-5H3. The van der Waals surface area contributed by atoms with Crippen molar-refractivity contribution in [3.05, 3.63) is 53.0 Å². The Morgan fingerprint density at radius 1 is 1.13 bits per heavy atom. The van der Waals surface area contributed by atoms with Crippen molar-refractivity contribution in [1.29, 1.82) is 0 Å². The van der Waals surface area contributed by atoms with Gasteiger partial charge in [0.25, 0.3) is 0 Å². The minimum atomic E-state index is -0.508. The van der Waals surface area contributed by atoms with Crippen LogP contribution in [0.3, 0.4) is 0 Å². The number of carbonyl (C=O) groups excluding carboxylic acids is 1. The van der Waals surface area contributed by atoms with Crippen molar-refractivity contribution in [3.63, 3.8) is 0 Å². The highest BCUT2D eigenvalue weighted by atomic mass is 16.6. The number of hydrogen-bond acceptors (Lipinski definition) is 8. The first kappa shape index (κ1) is 28.0. The van der Waals surface area contributed by atoms with Crippen LogP contribution in [0.25, 0.3) is 11.6 Å². The Labute approximate surface area is 225 Å². The van der Waals surface area contributed by atoms with Gasteiger partial charge in [0.1, 0.15) is 5.60 Å². The Hall–Kier alpha value is -3.00. The van der Waals surface area contributed by atoms with Crippen LogP contribution < -0.4 is 0 Å². The van der Waals surface area contributed by atoms with Crippen molar-refractivity contribution < 1.29 is 23.3 Å². The summed E-state index contributed by atoms with van der Waals surface area (Å²) in [4.78, 5) is 17.6. The van der Waals surface area contributed by atoms with E-state index in [0.717, 1.165) is 48.9 Å². The molecular formula is C30H41N3O5. The van der Waals surface area contributed by atoms with Gasteiger partial charge < -0.3 is 18.5 Å². The molecule has 3 aromatic rings. The zero-order valence-corrected chi connectivity index (χ0v) is 23.4. The van der Waals surface area contributed by atoms with E-state index >= 15 is 0 Å². The van der Waals surface area contributed by atoms with E-state index in [0.29, 0.717) is 48.9 Å². The van der Waals surface area contributed by atoms with Crippen molar-refractivity contribution in [3.8, 4) is 11.6 Å². The van der Waals surface area contributed by atoms with Gasteiger partial charge in [-0.3, -0.25) is 4.79 Å². The molecule has 38 heavy (non-hydrogen) atoms. The normalized spacial score (nSPS) is 14.7. The highest BCUT2D eigenvalue weighted by Gasteiger charge is 2.38. The Balaban J connectivity index is 1.50. The molecule has 0 aliphatic heterocycles. The third-order valence-corrected chi connectivity index (χ3v) is 6.99. The van der Waals surface area contributed by atoms with Crippen LogP contribution in [0, 0.1) is 5.92 Å². The fraction of sp³-hybridized carbons (Fsp3) is 0.600. The van der Waals surface area contributed by atoms with Gasteiger partial charge in [0, 0.05) is 24.5 Å². The highest BCUT2D eigenvalue weighted by molar-refractivity contribution is 5.71. The van der Waals surface area contributed by atoms with Gasteiger partial charge in [0.2, 0.25) is 17.5 Å². The first-order valence-electron chi connectivity index (χ1n) is 13.9. The summed E-state index contributed by atoms with van der Waals surface area (Å²) in [7, 11) is 0. The second-order valence-corrected chi connectivity index (χ2v) is 11.4. The van der Waals surface area contributed by atoms with E-state index in [1.54, 1.807) is 0 Å². The first-order valence-corrected chi connectivity index (χ1v) is 13.9. The summed E-state index contributed by atoms with van der Waals surface area (Å²) in [5.41, 5.74) is 2.46. The van der Waals surface area contributed by atoms with Crippen LogP contribution in [0.2, 0.25) is 0 Å². The van der Waals surface area contributed by atoms with Crippen molar-refractivity contribution in [2.75, 3.05) is 6.61 Å². The Bertz CT molecular complexity index is 1160. The largest absolute Gasteiger partial charge is 0.460 e. The van der Waals surface area contributed by atoms with Gasteiger partial charge in [0.15, 0.2) is 0 Å². The lowest BCUT2D eigenvalue weighted by Crippen LogP contribution is -2.28. The Morgan fingerprint density at radius 3 is 2.58 bits per heavy atom. The van der Waals surface area contributed by atoms with E-state index in [2.05, 4.69) is 41.3 Å². The van der Waals surface area contributed by atoms with Gasteiger partial charge in [-0.25, -0.2) is 0 Å². The molecule has 2 aromatic heterocycles. The number of hydrogen-bond donors (Lipinski definition) is 0. The smallest absolute Gasteiger partial charge is 0.306 e. The molecule has 4 rings (SSSR count). The van der Waals surface area contributed by atoms with Gasteiger partial charge in [0.05, 0.1) is 18.7 Å². The SMILES string of the molecule is CCC(C)(C)OC(=O)CC(CCCOCc1ccccc1)c1noc(-c2noc(CC(C)C)n2)c1C1CC1. The molecule has 1 aliphatic rings. The van der Waals surface area contributed by atoms with Crippen LogP contribution in [0.1, 0.15) is 108 Å². The average Bonchev–Trinajstić information content (AvgIpc) is 3.45. The lowest BCUT2D eigenvalue weighted by Gasteiger charge is -2.25. The first-order chi connectivity index (χ1) is 18.3. The molecule has 8 nitrogen and oxygen atoms in total. The predicted molar refractivity (Wildman–Crippen MR) is 143 cm³/mol. The fourth-order valence-corrected chi connectivity index (χ4v) is 4.47. The number of rotatable bonds is 15. The van der Waals surface area contributed by atoms with Gasteiger partial charge >= 0.3 is 5.97 Å². The lowest BCUT2D eigenvalue weighted by atomic mass is 9.90. The molecule has 1 aromatic carbocycles. The molecule has 0 N–H and O–H groups in total. The number of carbonyl (C=O) groups is 1. The summed E-state index contributed by atoms with van der Waals surface area (Å²) >= 11 is 0. The summed E-state index contributed by atoms with van der Waals surface area (Å²) in [5.74, 6) is 1.95. The molecule has 0 amide bonds. The zero-order valence-electron chi connectivity index (χ0n) is 23.4. The van der Waals surface area contributed by atoms with E-state index in [9.17, 15) is 4.79 Å². The molecule has 8 heteroatoms. The summed E-state index contributed by atoms with van der Waals surface area (Å²) in [6.45, 7) is 11.3. The molecule has 0 bridgehead atoms. The van der Waals surface area contributed by atoms with Crippen molar-refractivity contribution in [2.24, 2.45) is 5.92 Å². The quantitative estimate of drug-likeness (QED) is 0.155. The van der Waals surface area contributed by atoms with Crippen LogP contribution in [-0.2, 0) is 27.3 Å². The summed E-state index contributed by atoms with van der Waals surface area (Å²) < 4.78 is 23.0. The molecule has 1 saturated carbocycles. The number of esters is 1. The van der Waals surface area contributed by atoms with Crippen LogP contribution >= 0.6 is 0 Å². The second-order valence-electron chi connectivity index (χ2n) is 11.4. The second kappa shape index (κ2) is 12.7. The monoisotopic (exact) mass is 523 g/mol. The molecule has 1 aliphatic carbocycles. The number of nitrogens with zero attached hydrogens (tertiary/aromatic N) is 3. The Kier molecular flexibility index (Phi) is 9.36. The van der Waals surface area contributed by atoms with Crippen LogP contribution in [0.4, 0.5) is 0 Å². The highest BCUT2D eigenvalue weighted by Crippen LogP contribution is 2.48. The van der Waals surface area contributed by atoms with Gasteiger partial charge in [-0.2, -0.15) is 4.98 Å². The van der Waals surface area contributed by atoms with Crippen molar-refractivity contribution in [1.82, 2.24) is 15.3 Å². The van der Waals surface area contributed by atoms with Crippen LogP contribution in [0.15, 0.2) is 39.4 Å². The lowest BCUT2D eigenvalue weighted by molar-refractivity contribution is -0.157. The van der Waals surface area contributed by atoms with Crippen LogP contribution in [-0.4, -0.2) is 33.5 Å². The van der Waals surface area contributed by atoms with Crippen molar-refractivity contribution in [2.45, 2.75) is 104 Å². The molecule has 0 spiro atoms. The number of ether oxygens (including phenoxy) is 2. The average molecular weight is 524 g/mol. The molecule has 0 radical (unpaired) electrons. The third kappa shape index (κ3) is 7.76.